The minimum absolute atomic E-state index is 0.0239. The summed E-state index contributed by atoms with van der Waals surface area (Å²) in [6.07, 6.45) is 5.59. The van der Waals surface area contributed by atoms with Crippen LogP contribution in [0.3, 0.4) is 0 Å². The van der Waals surface area contributed by atoms with Gasteiger partial charge in [-0.2, -0.15) is 0 Å². The molecule has 0 aromatic carbocycles. The van der Waals surface area contributed by atoms with E-state index in [9.17, 15) is 4.79 Å². The average Bonchev–Trinajstić information content (AvgIpc) is 2.97. The van der Waals surface area contributed by atoms with Crippen molar-refractivity contribution in [1.82, 2.24) is 15.1 Å². The second-order valence-electron chi connectivity index (χ2n) is 6.53. The maximum Gasteiger partial charge on any atom is 0.240 e. The van der Waals surface area contributed by atoms with Crippen LogP contribution in [0, 0.1) is 5.92 Å². The Hall–Kier alpha value is -0.610. The van der Waals surface area contributed by atoms with Gasteiger partial charge < -0.3 is 9.80 Å². The van der Waals surface area contributed by atoms with E-state index in [1.165, 1.54) is 25.7 Å². The molecule has 19 heavy (non-hydrogen) atoms. The lowest BCUT2D eigenvalue weighted by Crippen LogP contribution is -2.45. The van der Waals surface area contributed by atoms with Crippen LogP contribution in [-0.4, -0.2) is 54.1 Å². The van der Waals surface area contributed by atoms with Crippen molar-refractivity contribution in [2.75, 3.05) is 20.1 Å². The number of rotatable bonds is 5. The monoisotopic (exact) mass is 267 g/mol. The number of hydrogen-bond acceptors (Lipinski definition) is 3. The number of hydrogen-bond donors (Lipinski definition) is 1. The highest BCUT2D eigenvalue weighted by Crippen LogP contribution is 2.23. The predicted octanol–water partition coefficient (Wildman–Crippen LogP) is 1.66. The molecule has 110 valence electrons. The third-order valence-electron chi connectivity index (χ3n) is 4.68. The molecule has 0 spiro atoms. The zero-order chi connectivity index (χ0) is 14.0. The van der Waals surface area contributed by atoms with Gasteiger partial charge in [-0.25, -0.2) is 0 Å². The molecule has 1 heterocycles. The molecule has 1 aliphatic heterocycles. The molecule has 1 amide bonds. The molecule has 2 fully saturated rings. The number of carbonyl (C=O) groups excluding carboxylic acids is 1. The number of carbonyl (C=O) groups is 1. The highest BCUT2D eigenvalue weighted by Gasteiger charge is 2.37. The van der Waals surface area contributed by atoms with Gasteiger partial charge in [-0.3, -0.25) is 10.1 Å². The van der Waals surface area contributed by atoms with E-state index in [0.29, 0.717) is 5.92 Å². The Morgan fingerprint density at radius 2 is 2.00 bits per heavy atom. The molecule has 1 saturated heterocycles. The summed E-state index contributed by atoms with van der Waals surface area (Å²) < 4.78 is 0. The summed E-state index contributed by atoms with van der Waals surface area (Å²) in [6, 6.07) is 0.713. The first-order valence-electron chi connectivity index (χ1n) is 7.77. The SMILES string of the molecule is CC1NC(C(C)C)N(CCN(C)C2CCCC2)C1=O. The normalized spacial score (nSPS) is 29.2. The zero-order valence-electron chi connectivity index (χ0n) is 12.9. The van der Waals surface area contributed by atoms with Crippen molar-refractivity contribution in [3.63, 3.8) is 0 Å². The summed E-state index contributed by atoms with van der Waals surface area (Å²) in [6.45, 7) is 8.17. The van der Waals surface area contributed by atoms with E-state index in [0.717, 1.165) is 19.1 Å². The number of nitrogens with one attached hydrogen (secondary N) is 1. The second-order valence-corrected chi connectivity index (χ2v) is 6.53. The molecule has 0 aromatic heterocycles. The summed E-state index contributed by atoms with van der Waals surface area (Å²) in [5.41, 5.74) is 0. The zero-order valence-corrected chi connectivity index (χ0v) is 12.9. The predicted molar refractivity (Wildman–Crippen MR) is 77.8 cm³/mol. The first kappa shape index (κ1) is 14.8. The minimum atomic E-state index is -0.0239. The van der Waals surface area contributed by atoms with Crippen LogP contribution in [0.25, 0.3) is 0 Å². The Labute approximate surface area is 117 Å². The largest absolute Gasteiger partial charge is 0.324 e. The topological polar surface area (TPSA) is 35.6 Å². The van der Waals surface area contributed by atoms with Crippen molar-refractivity contribution in [2.45, 2.75) is 64.7 Å². The van der Waals surface area contributed by atoms with Crippen LogP contribution >= 0.6 is 0 Å². The maximum absolute atomic E-state index is 12.2. The van der Waals surface area contributed by atoms with Gasteiger partial charge in [-0.05, 0) is 32.7 Å². The Kier molecular flexibility index (Phi) is 4.85. The van der Waals surface area contributed by atoms with Crippen LogP contribution in [0.4, 0.5) is 0 Å². The fourth-order valence-electron chi connectivity index (χ4n) is 3.40. The van der Waals surface area contributed by atoms with E-state index < -0.39 is 0 Å². The molecular weight excluding hydrogens is 238 g/mol. The molecule has 2 aliphatic rings. The fraction of sp³-hybridized carbons (Fsp3) is 0.933. The molecule has 0 radical (unpaired) electrons. The lowest BCUT2D eigenvalue weighted by molar-refractivity contribution is -0.130. The molecule has 2 rings (SSSR count). The maximum atomic E-state index is 12.2. The molecule has 4 heteroatoms. The Morgan fingerprint density at radius 3 is 2.58 bits per heavy atom. The lowest BCUT2D eigenvalue weighted by atomic mass is 10.1. The number of nitrogens with zero attached hydrogens (tertiary/aromatic N) is 2. The van der Waals surface area contributed by atoms with Crippen LogP contribution in [0.1, 0.15) is 46.5 Å². The summed E-state index contributed by atoms with van der Waals surface area (Å²) in [5.74, 6) is 0.726. The average molecular weight is 267 g/mol. The van der Waals surface area contributed by atoms with Crippen molar-refractivity contribution in [1.29, 1.82) is 0 Å². The van der Waals surface area contributed by atoms with Crippen molar-refractivity contribution in [2.24, 2.45) is 5.92 Å². The van der Waals surface area contributed by atoms with E-state index in [4.69, 9.17) is 0 Å². The molecule has 0 aromatic rings. The highest BCUT2D eigenvalue weighted by molar-refractivity contribution is 5.83. The van der Waals surface area contributed by atoms with Gasteiger partial charge in [0.1, 0.15) is 0 Å². The highest BCUT2D eigenvalue weighted by atomic mass is 16.2. The summed E-state index contributed by atoms with van der Waals surface area (Å²) >= 11 is 0. The van der Waals surface area contributed by atoms with Gasteiger partial charge in [0.2, 0.25) is 5.91 Å². The summed E-state index contributed by atoms with van der Waals surface area (Å²) in [5, 5.41) is 3.40. The molecule has 2 unspecified atom stereocenters. The van der Waals surface area contributed by atoms with Crippen molar-refractivity contribution < 1.29 is 4.79 Å². The van der Waals surface area contributed by atoms with Crippen LogP contribution in [0.5, 0.6) is 0 Å². The lowest BCUT2D eigenvalue weighted by Gasteiger charge is -2.31. The molecule has 0 bridgehead atoms. The molecule has 4 nitrogen and oxygen atoms in total. The fourth-order valence-corrected chi connectivity index (χ4v) is 3.40. The van der Waals surface area contributed by atoms with E-state index in [1.54, 1.807) is 0 Å². The van der Waals surface area contributed by atoms with Gasteiger partial charge in [-0.15, -0.1) is 0 Å². The van der Waals surface area contributed by atoms with Gasteiger partial charge in [0.15, 0.2) is 0 Å². The standard InChI is InChI=1S/C15H29N3O/c1-11(2)14-16-12(3)15(19)18(14)10-9-17(4)13-7-5-6-8-13/h11-14,16H,5-10H2,1-4H3. The smallest absolute Gasteiger partial charge is 0.240 e. The van der Waals surface area contributed by atoms with Gasteiger partial charge in [0, 0.05) is 19.1 Å². The van der Waals surface area contributed by atoms with Gasteiger partial charge in [0.25, 0.3) is 0 Å². The van der Waals surface area contributed by atoms with Gasteiger partial charge >= 0.3 is 0 Å². The minimum Gasteiger partial charge on any atom is -0.324 e. The van der Waals surface area contributed by atoms with Crippen LogP contribution in [0.15, 0.2) is 0 Å². The third kappa shape index (κ3) is 3.29. The molecule has 1 aliphatic carbocycles. The number of likely N-dealkylation sites (N-methyl/N-ethyl adjacent to an activating group) is 1. The van der Waals surface area contributed by atoms with Crippen LogP contribution < -0.4 is 5.32 Å². The Balaban J connectivity index is 1.87. The van der Waals surface area contributed by atoms with E-state index in [-0.39, 0.29) is 18.1 Å². The van der Waals surface area contributed by atoms with Crippen LogP contribution in [0.2, 0.25) is 0 Å². The van der Waals surface area contributed by atoms with E-state index >= 15 is 0 Å². The van der Waals surface area contributed by atoms with Crippen molar-refractivity contribution in [3.05, 3.63) is 0 Å². The molecular formula is C15H29N3O. The Bertz CT molecular complexity index is 313. The second kappa shape index (κ2) is 6.23. The molecule has 2 atom stereocenters. The molecule has 1 saturated carbocycles. The first-order valence-corrected chi connectivity index (χ1v) is 7.77. The van der Waals surface area contributed by atoms with Crippen molar-refractivity contribution >= 4 is 5.91 Å². The first-order chi connectivity index (χ1) is 9.00. The van der Waals surface area contributed by atoms with Gasteiger partial charge in [-0.1, -0.05) is 26.7 Å². The summed E-state index contributed by atoms with van der Waals surface area (Å²) in [7, 11) is 2.21. The third-order valence-corrected chi connectivity index (χ3v) is 4.68. The van der Waals surface area contributed by atoms with Crippen LogP contribution in [-0.2, 0) is 4.79 Å². The Morgan fingerprint density at radius 1 is 1.37 bits per heavy atom. The van der Waals surface area contributed by atoms with Crippen molar-refractivity contribution in [3.8, 4) is 0 Å². The molecule has 1 N–H and O–H groups in total. The summed E-state index contributed by atoms with van der Waals surface area (Å²) in [4.78, 5) is 16.7. The van der Waals surface area contributed by atoms with Gasteiger partial charge in [0.05, 0.1) is 12.2 Å². The quantitative estimate of drug-likeness (QED) is 0.823. The van der Waals surface area contributed by atoms with E-state index in [1.807, 2.05) is 11.8 Å². The van der Waals surface area contributed by atoms with E-state index in [2.05, 4.69) is 31.1 Å². The number of amides is 1.